The average molecular weight is 224 g/mol. The van der Waals surface area contributed by atoms with Crippen LogP contribution in [0.15, 0.2) is 23.2 Å². The molecule has 0 radical (unpaired) electrons. The van der Waals surface area contributed by atoms with Crippen LogP contribution < -0.4 is 10.1 Å². The van der Waals surface area contributed by atoms with Gasteiger partial charge in [-0.25, -0.2) is 4.39 Å². The predicted molar refractivity (Wildman–Crippen MR) is 64.8 cm³/mol. The zero-order valence-corrected chi connectivity index (χ0v) is 10.0. The summed E-state index contributed by atoms with van der Waals surface area (Å²) in [5.41, 5.74) is 0.664. The van der Waals surface area contributed by atoms with Crippen molar-refractivity contribution >= 4 is 11.5 Å². The first kappa shape index (κ1) is 12.5. The highest BCUT2D eigenvalue weighted by molar-refractivity contribution is 5.93. The van der Waals surface area contributed by atoms with Gasteiger partial charge in [0, 0.05) is 18.8 Å². The Balaban J connectivity index is 2.82. The lowest BCUT2D eigenvalue weighted by atomic mass is 10.3. The zero-order valence-electron chi connectivity index (χ0n) is 10.0. The Kier molecular flexibility index (Phi) is 4.28. The summed E-state index contributed by atoms with van der Waals surface area (Å²) < 4.78 is 18.9. The quantitative estimate of drug-likeness (QED) is 0.632. The molecule has 1 rings (SSSR count). The second-order valence-electron chi connectivity index (χ2n) is 3.75. The van der Waals surface area contributed by atoms with Crippen LogP contribution in [-0.4, -0.2) is 19.0 Å². The van der Waals surface area contributed by atoms with Crippen molar-refractivity contribution < 1.29 is 9.13 Å². The molecule has 4 heteroatoms. The minimum atomic E-state index is -0.373. The van der Waals surface area contributed by atoms with Crippen molar-refractivity contribution in [2.75, 3.05) is 12.4 Å². The Morgan fingerprint density at radius 2 is 2.12 bits per heavy atom. The first-order chi connectivity index (χ1) is 7.52. The van der Waals surface area contributed by atoms with E-state index in [2.05, 4.69) is 10.3 Å². The van der Waals surface area contributed by atoms with Gasteiger partial charge in [-0.05, 0) is 32.9 Å². The lowest BCUT2D eigenvalue weighted by Crippen LogP contribution is -2.09. The highest BCUT2D eigenvalue weighted by Gasteiger charge is 2.06. The maximum Gasteiger partial charge on any atom is 0.167 e. The third-order valence-electron chi connectivity index (χ3n) is 1.96. The van der Waals surface area contributed by atoms with Crippen molar-refractivity contribution in [2.24, 2.45) is 4.99 Å². The predicted octanol–water partition coefficient (Wildman–Crippen LogP) is 3.07. The van der Waals surface area contributed by atoms with Gasteiger partial charge in [-0.1, -0.05) is 0 Å². The standard InChI is InChI=1S/C12H17FN2O/c1-8(2)16-12-6-5-10(7-11(12)13)15-9(3)14-4/h5-8H,1-4H3,(H,14,15). The molecule has 16 heavy (non-hydrogen) atoms. The lowest BCUT2D eigenvalue weighted by molar-refractivity contribution is 0.231. The zero-order chi connectivity index (χ0) is 12.1. The molecule has 0 spiro atoms. The number of nitrogens with zero attached hydrogens (tertiary/aromatic N) is 1. The Bertz CT molecular complexity index is 389. The van der Waals surface area contributed by atoms with Gasteiger partial charge < -0.3 is 10.1 Å². The number of aliphatic imine (C=N–C) groups is 1. The van der Waals surface area contributed by atoms with Crippen LogP contribution in [0.3, 0.4) is 0 Å². The molecule has 0 aromatic heterocycles. The number of nitrogens with one attached hydrogen (secondary N) is 1. The molecule has 0 bridgehead atoms. The van der Waals surface area contributed by atoms with Crippen LogP contribution >= 0.6 is 0 Å². The summed E-state index contributed by atoms with van der Waals surface area (Å²) in [6.45, 7) is 5.54. The van der Waals surface area contributed by atoms with Crippen molar-refractivity contribution in [2.45, 2.75) is 26.9 Å². The molecule has 0 heterocycles. The summed E-state index contributed by atoms with van der Waals surface area (Å²) in [6.07, 6.45) is -0.0350. The Morgan fingerprint density at radius 1 is 1.44 bits per heavy atom. The second-order valence-corrected chi connectivity index (χ2v) is 3.75. The van der Waals surface area contributed by atoms with Crippen molar-refractivity contribution in [1.29, 1.82) is 0 Å². The molecule has 0 aliphatic rings. The van der Waals surface area contributed by atoms with Crippen LogP contribution in [0.2, 0.25) is 0 Å². The van der Waals surface area contributed by atoms with Crippen LogP contribution in [0.4, 0.5) is 10.1 Å². The molecule has 1 N–H and O–H groups in total. The van der Waals surface area contributed by atoms with Crippen LogP contribution in [-0.2, 0) is 0 Å². The van der Waals surface area contributed by atoms with E-state index in [1.807, 2.05) is 20.8 Å². The number of rotatable bonds is 3. The van der Waals surface area contributed by atoms with Gasteiger partial charge in [-0.15, -0.1) is 0 Å². The fourth-order valence-electron chi connectivity index (χ4n) is 1.19. The van der Waals surface area contributed by atoms with Gasteiger partial charge >= 0.3 is 0 Å². The Morgan fingerprint density at radius 3 is 2.62 bits per heavy atom. The number of hydrogen-bond donors (Lipinski definition) is 1. The molecule has 3 nitrogen and oxygen atoms in total. The molecular weight excluding hydrogens is 207 g/mol. The van der Waals surface area contributed by atoms with E-state index in [9.17, 15) is 4.39 Å². The first-order valence-corrected chi connectivity index (χ1v) is 5.19. The molecule has 0 aliphatic heterocycles. The van der Waals surface area contributed by atoms with Crippen LogP contribution in [0.5, 0.6) is 5.75 Å². The summed E-state index contributed by atoms with van der Waals surface area (Å²) in [7, 11) is 1.68. The molecule has 0 saturated carbocycles. The summed E-state index contributed by atoms with van der Waals surface area (Å²) in [5.74, 6) is 0.631. The summed E-state index contributed by atoms with van der Waals surface area (Å²) in [5, 5.41) is 2.97. The van der Waals surface area contributed by atoms with Gasteiger partial charge in [0.1, 0.15) is 0 Å². The monoisotopic (exact) mass is 224 g/mol. The fourth-order valence-corrected chi connectivity index (χ4v) is 1.19. The molecule has 88 valence electrons. The number of anilines is 1. The van der Waals surface area contributed by atoms with Crippen molar-refractivity contribution in [3.63, 3.8) is 0 Å². The number of hydrogen-bond acceptors (Lipinski definition) is 2. The minimum absolute atomic E-state index is 0.0350. The maximum atomic E-state index is 13.6. The van der Waals surface area contributed by atoms with E-state index in [1.165, 1.54) is 6.07 Å². The summed E-state index contributed by atoms with van der Waals surface area (Å²) >= 11 is 0. The van der Waals surface area contributed by atoms with E-state index < -0.39 is 0 Å². The minimum Gasteiger partial charge on any atom is -0.488 e. The van der Waals surface area contributed by atoms with Gasteiger partial charge in [0.15, 0.2) is 11.6 Å². The van der Waals surface area contributed by atoms with E-state index in [1.54, 1.807) is 19.2 Å². The van der Waals surface area contributed by atoms with Crippen molar-refractivity contribution in [1.82, 2.24) is 0 Å². The van der Waals surface area contributed by atoms with Crippen molar-refractivity contribution in [3.05, 3.63) is 24.0 Å². The maximum absolute atomic E-state index is 13.6. The fraction of sp³-hybridized carbons (Fsp3) is 0.417. The number of ether oxygens (including phenoxy) is 1. The number of benzene rings is 1. The van der Waals surface area contributed by atoms with E-state index in [-0.39, 0.29) is 17.7 Å². The molecule has 0 saturated heterocycles. The molecule has 0 aliphatic carbocycles. The third kappa shape index (κ3) is 3.53. The Labute approximate surface area is 95.3 Å². The SMILES string of the molecule is CN=C(C)Nc1ccc(OC(C)C)c(F)c1. The third-order valence-corrected chi connectivity index (χ3v) is 1.96. The molecule has 1 aromatic carbocycles. The van der Waals surface area contributed by atoms with Gasteiger partial charge in [0.2, 0.25) is 0 Å². The van der Waals surface area contributed by atoms with E-state index in [0.717, 1.165) is 5.84 Å². The average Bonchev–Trinajstić information content (AvgIpc) is 2.21. The molecule has 0 fully saturated rings. The molecule has 0 amide bonds. The largest absolute Gasteiger partial charge is 0.488 e. The smallest absolute Gasteiger partial charge is 0.167 e. The number of amidine groups is 1. The molecular formula is C12H17FN2O. The van der Waals surface area contributed by atoms with Gasteiger partial charge in [0.05, 0.1) is 11.9 Å². The van der Waals surface area contributed by atoms with Crippen LogP contribution in [0, 0.1) is 5.82 Å². The highest BCUT2D eigenvalue weighted by atomic mass is 19.1. The van der Waals surface area contributed by atoms with Crippen LogP contribution in [0.25, 0.3) is 0 Å². The molecule has 0 atom stereocenters. The van der Waals surface area contributed by atoms with Gasteiger partial charge in [0.25, 0.3) is 0 Å². The topological polar surface area (TPSA) is 33.6 Å². The van der Waals surface area contributed by atoms with E-state index >= 15 is 0 Å². The van der Waals surface area contributed by atoms with Crippen molar-refractivity contribution in [3.8, 4) is 5.75 Å². The van der Waals surface area contributed by atoms with Gasteiger partial charge in [-0.2, -0.15) is 0 Å². The first-order valence-electron chi connectivity index (χ1n) is 5.19. The second kappa shape index (κ2) is 5.49. The summed E-state index contributed by atoms with van der Waals surface area (Å²) in [4.78, 5) is 3.94. The Hall–Kier alpha value is -1.58. The lowest BCUT2D eigenvalue weighted by Gasteiger charge is -2.12. The van der Waals surface area contributed by atoms with Crippen LogP contribution in [0.1, 0.15) is 20.8 Å². The van der Waals surface area contributed by atoms with E-state index in [4.69, 9.17) is 4.74 Å². The normalized spacial score (nSPS) is 11.8. The molecule has 0 unspecified atom stereocenters. The summed E-state index contributed by atoms with van der Waals surface area (Å²) in [6, 6.07) is 4.77. The van der Waals surface area contributed by atoms with Gasteiger partial charge in [-0.3, -0.25) is 4.99 Å². The highest BCUT2D eigenvalue weighted by Crippen LogP contribution is 2.22. The molecule has 1 aromatic rings. The number of halogens is 1. The van der Waals surface area contributed by atoms with E-state index in [0.29, 0.717) is 5.69 Å².